The Morgan fingerprint density at radius 3 is 2.56 bits per heavy atom. The lowest BCUT2D eigenvalue weighted by Crippen LogP contribution is -2.59. The van der Waals surface area contributed by atoms with Gasteiger partial charge in [0.2, 0.25) is 5.82 Å². The molecule has 11 heteroatoms. The number of alkyl carbamates (subject to hydrolysis) is 1. The molecule has 0 spiro atoms. The van der Waals surface area contributed by atoms with E-state index in [-0.39, 0.29) is 13.2 Å². The maximum Gasteiger partial charge on any atom is 0.408 e. The Morgan fingerprint density at radius 1 is 1.12 bits per heavy atom. The highest BCUT2D eigenvalue weighted by molar-refractivity contribution is 6.32. The molecular formula is C30H34ClN3O7. The average Bonchev–Trinajstić information content (AvgIpc) is 3.56. The van der Waals surface area contributed by atoms with Crippen molar-refractivity contribution < 1.29 is 32.7 Å². The molecule has 218 valence electrons. The molecule has 2 aromatic heterocycles. The summed E-state index contributed by atoms with van der Waals surface area (Å²) in [6, 6.07) is 12.7. The standard InChI is InChI=1S/C30H34ClN3O7/c1-7-13-36-23-12-11-18(14-21(23)31)26-32-25(34-41-26)19-9-8-10-22-20(19)15-24(39-22)30(16-37-29(5,6)38-17-30)33-27(35)40-28(2,3)4/h8-12,14-15H,7,13,16-17H2,1-6H3,(H,33,35). The van der Waals surface area contributed by atoms with Crippen LogP contribution in [0.4, 0.5) is 4.79 Å². The molecule has 0 saturated carbocycles. The van der Waals surface area contributed by atoms with E-state index in [2.05, 4.69) is 15.5 Å². The smallest absolute Gasteiger partial charge is 0.408 e. The highest BCUT2D eigenvalue weighted by Gasteiger charge is 2.46. The minimum absolute atomic E-state index is 0.111. The van der Waals surface area contributed by atoms with Gasteiger partial charge in [-0.25, -0.2) is 4.79 Å². The van der Waals surface area contributed by atoms with Crippen LogP contribution in [0.25, 0.3) is 33.8 Å². The quantitative estimate of drug-likeness (QED) is 0.243. The first kappa shape index (κ1) is 28.9. The highest BCUT2D eigenvalue weighted by atomic mass is 35.5. The summed E-state index contributed by atoms with van der Waals surface area (Å²) in [6.07, 6.45) is 0.264. The maximum atomic E-state index is 12.9. The summed E-state index contributed by atoms with van der Waals surface area (Å²) < 4.78 is 35.0. The minimum Gasteiger partial charge on any atom is -0.492 e. The van der Waals surface area contributed by atoms with Crippen LogP contribution >= 0.6 is 11.6 Å². The largest absolute Gasteiger partial charge is 0.492 e. The molecule has 1 aliphatic heterocycles. The van der Waals surface area contributed by atoms with E-state index in [0.717, 1.165) is 11.8 Å². The summed E-state index contributed by atoms with van der Waals surface area (Å²) in [4.78, 5) is 17.5. The number of fused-ring (bicyclic) bond motifs is 1. The number of furan rings is 1. The zero-order valence-electron chi connectivity index (χ0n) is 24.0. The van der Waals surface area contributed by atoms with Crippen molar-refractivity contribution in [3.63, 3.8) is 0 Å². The molecule has 3 heterocycles. The summed E-state index contributed by atoms with van der Waals surface area (Å²) in [5.74, 6) is 0.900. The molecule has 10 nitrogen and oxygen atoms in total. The lowest BCUT2D eigenvalue weighted by molar-refractivity contribution is -0.274. The minimum atomic E-state index is -1.13. The second-order valence-corrected chi connectivity index (χ2v) is 11.8. The van der Waals surface area contributed by atoms with Crippen LogP contribution in [0.15, 0.2) is 51.4 Å². The highest BCUT2D eigenvalue weighted by Crippen LogP contribution is 2.38. The molecule has 1 amide bonds. The van der Waals surface area contributed by atoms with Gasteiger partial charge >= 0.3 is 6.09 Å². The number of halogens is 1. The topological polar surface area (TPSA) is 118 Å². The van der Waals surface area contributed by atoms with Crippen LogP contribution in [0.2, 0.25) is 5.02 Å². The predicted octanol–water partition coefficient (Wildman–Crippen LogP) is 7.09. The van der Waals surface area contributed by atoms with Crippen LogP contribution < -0.4 is 10.1 Å². The van der Waals surface area contributed by atoms with Crippen LogP contribution in [0.5, 0.6) is 5.75 Å². The van der Waals surface area contributed by atoms with E-state index in [1.54, 1.807) is 32.9 Å². The van der Waals surface area contributed by atoms with Gasteiger partial charge in [0.1, 0.15) is 28.2 Å². The monoisotopic (exact) mass is 583 g/mol. The van der Waals surface area contributed by atoms with E-state index >= 15 is 0 Å². The molecule has 1 aliphatic rings. The summed E-state index contributed by atoms with van der Waals surface area (Å²) >= 11 is 6.41. The van der Waals surface area contributed by atoms with Gasteiger partial charge in [0.15, 0.2) is 5.79 Å². The third-order valence-electron chi connectivity index (χ3n) is 6.41. The van der Waals surface area contributed by atoms with Crippen molar-refractivity contribution in [2.24, 2.45) is 0 Å². The molecule has 1 fully saturated rings. The summed E-state index contributed by atoms with van der Waals surface area (Å²) in [6.45, 7) is 11.8. The van der Waals surface area contributed by atoms with Gasteiger partial charge < -0.3 is 33.2 Å². The van der Waals surface area contributed by atoms with Crippen molar-refractivity contribution in [3.8, 4) is 28.6 Å². The van der Waals surface area contributed by atoms with Gasteiger partial charge in [0.25, 0.3) is 5.89 Å². The summed E-state index contributed by atoms with van der Waals surface area (Å²) in [5, 5.41) is 8.34. The normalized spacial score (nSPS) is 16.5. The van der Waals surface area contributed by atoms with E-state index in [9.17, 15) is 4.79 Å². The second-order valence-electron chi connectivity index (χ2n) is 11.4. The molecule has 0 unspecified atom stereocenters. The Labute approximate surface area is 243 Å². The molecule has 41 heavy (non-hydrogen) atoms. The third-order valence-corrected chi connectivity index (χ3v) is 6.71. The Hall–Kier alpha value is -3.60. The van der Waals surface area contributed by atoms with Crippen LogP contribution in [0.1, 0.15) is 53.7 Å². The van der Waals surface area contributed by atoms with Crippen LogP contribution in [-0.4, -0.2) is 47.4 Å². The molecule has 0 aliphatic carbocycles. The molecule has 0 radical (unpaired) electrons. The number of nitrogens with zero attached hydrogens (tertiary/aromatic N) is 2. The van der Waals surface area contributed by atoms with Crippen molar-refractivity contribution >= 4 is 28.7 Å². The van der Waals surface area contributed by atoms with Crippen molar-refractivity contribution in [2.45, 2.75) is 64.9 Å². The molecule has 0 bridgehead atoms. The number of carbonyl (C=O) groups excluding carboxylic acids is 1. The van der Waals surface area contributed by atoms with Gasteiger partial charge in [0, 0.05) is 16.5 Å². The van der Waals surface area contributed by atoms with Crippen molar-refractivity contribution in [1.82, 2.24) is 15.5 Å². The predicted molar refractivity (Wildman–Crippen MR) is 153 cm³/mol. The van der Waals surface area contributed by atoms with E-state index in [4.69, 9.17) is 39.5 Å². The van der Waals surface area contributed by atoms with Crippen LogP contribution in [0, 0.1) is 0 Å². The zero-order chi connectivity index (χ0) is 29.4. The molecule has 2 aromatic carbocycles. The fraction of sp³-hybridized carbons (Fsp3) is 0.433. The number of aromatic nitrogens is 2. The van der Waals surface area contributed by atoms with Gasteiger partial charge in [-0.3, -0.25) is 0 Å². The van der Waals surface area contributed by atoms with Gasteiger partial charge in [-0.15, -0.1) is 0 Å². The molecule has 5 rings (SSSR count). The third kappa shape index (κ3) is 6.34. The van der Waals surface area contributed by atoms with E-state index in [1.165, 1.54) is 0 Å². The van der Waals surface area contributed by atoms with E-state index in [1.807, 2.05) is 51.1 Å². The number of benzene rings is 2. The number of carbonyl (C=O) groups is 1. The Bertz CT molecular complexity index is 1540. The fourth-order valence-electron chi connectivity index (χ4n) is 4.36. The number of amides is 1. The number of rotatable bonds is 7. The molecule has 0 atom stereocenters. The molecule has 1 saturated heterocycles. The van der Waals surface area contributed by atoms with Crippen molar-refractivity contribution in [3.05, 3.63) is 53.2 Å². The molecule has 1 N–H and O–H groups in total. The van der Waals surface area contributed by atoms with Crippen molar-refractivity contribution in [2.75, 3.05) is 19.8 Å². The summed E-state index contributed by atoms with van der Waals surface area (Å²) in [5.41, 5.74) is 0.101. The SMILES string of the molecule is CCCOc1ccc(-c2nc(-c3cccc4oc(C5(NC(=O)OC(C)(C)C)COC(C)(C)OC5)cc34)no2)cc1Cl. The van der Waals surface area contributed by atoms with Crippen LogP contribution in [0.3, 0.4) is 0 Å². The number of hydrogen-bond acceptors (Lipinski definition) is 9. The van der Waals surface area contributed by atoms with Crippen molar-refractivity contribution in [1.29, 1.82) is 0 Å². The summed E-state index contributed by atoms with van der Waals surface area (Å²) in [7, 11) is 0. The van der Waals surface area contributed by atoms with Gasteiger partial charge in [-0.2, -0.15) is 4.98 Å². The van der Waals surface area contributed by atoms with E-state index < -0.39 is 23.0 Å². The first-order valence-electron chi connectivity index (χ1n) is 13.5. The fourth-order valence-corrected chi connectivity index (χ4v) is 4.59. The Balaban J connectivity index is 1.48. The first-order chi connectivity index (χ1) is 19.4. The number of nitrogens with one attached hydrogen (secondary N) is 1. The van der Waals surface area contributed by atoms with Gasteiger partial charge in [0.05, 0.1) is 24.8 Å². The first-order valence-corrected chi connectivity index (χ1v) is 13.8. The lowest BCUT2D eigenvalue weighted by Gasteiger charge is -2.42. The number of ether oxygens (including phenoxy) is 4. The van der Waals surface area contributed by atoms with Crippen LogP contribution in [-0.2, 0) is 19.7 Å². The van der Waals surface area contributed by atoms with E-state index in [0.29, 0.717) is 51.6 Å². The second kappa shape index (κ2) is 11.0. The Kier molecular flexibility index (Phi) is 7.76. The number of hydrogen-bond donors (Lipinski definition) is 1. The Morgan fingerprint density at radius 2 is 1.88 bits per heavy atom. The molecule has 4 aromatic rings. The van der Waals surface area contributed by atoms with Gasteiger partial charge in [-0.1, -0.05) is 35.8 Å². The maximum absolute atomic E-state index is 12.9. The van der Waals surface area contributed by atoms with Gasteiger partial charge in [-0.05, 0) is 71.4 Å². The zero-order valence-corrected chi connectivity index (χ0v) is 24.8. The average molecular weight is 584 g/mol. The molecular weight excluding hydrogens is 550 g/mol. The lowest BCUT2D eigenvalue weighted by atomic mass is 9.96.